The number of hydrogen-bond acceptors (Lipinski definition) is 2. The van der Waals surface area contributed by atoms with Crippen molar-refractivity contribution in [2.75, 3.05) is 20.0 Å². The van der Waals surface area contributed by atoms with Crippen molar-refractivity contribution >= 4 is 10.2 Å². The second kappa shape index (κ2) is 2.46. The molecule has 0 aliphatic carbocycles. The standard InChI is InChI=1S/C4H9F5O2S/c1-10-4(11-2)3-12(5,6,7,8)9/h4H,3H2,1-2H3. The van der Waals surface area contributed by atoms with E-state index < -0.39 is 22.3 Å². The summed E-state index contributed by atoms with van der Waals surface area (Å²) < 4.78 is 66.4. The smallest absolute Gasteiger partial charge is 0.290 e. The van der Waals surface area contributed by atoms with E-state index in [1.807, 2.05) is 0 Å². The Morgan fingerprint density at radius 3 is 1.42 bits per heavy atom. The highest BCUT2D eigenvalue weighted by molar-refractivity contribution is 8.45. The third-order valence-electron chi connectivity index (χ3n) is 0.977. The molecule has 2 nitrogen and oxygen atoms in total. The molecule has 0 saturated carbocycles. The van der Waals surface area contributed by atoms with Gasteiger partial charge in [0.2, 0.25) is 0 Å². The van der Waals surface area contributed by atoms with Gasteiger partial charge in [-0.05, 0) is 0 Å². The molecule has 0 aromatic heterocycles. The molecule has 0 aromatic carbocycles. The third kappa shape index (κ3) is 6.62. The Balaban J connectivity index is 4.45. The first kappa shape index (κ1) is 11.9. The summed E-state index contributed by atoms with van der Waals surface area (Å²) in [5, 5.41) is 0. The van der Waals surface area contributed by atoms with E-state index in [9.17, 15) is 19.4 Å². The van der Waals surface area contributed by atoms with Gasteiger partial charge in [-0.1, -0.05) is 19.4 Å². The molecule has 0 unspecified atom stereocenters. The molecule has 0 amide bonds. The molecule has 0 bridgehead atoms. The van der Waals surface area contributed by atoms with Crippen LogP contribution in [0.25, 0.3) is 0 Å². The quantitative estimate of drug-likeness (QED) is 0.531. The predicted octanol–water partition coefficient (Wildman–Crippen LogP) is 2.90. The molecule has 0 saturated heterocycles. The zero-order chi connectivity index (χ0) is 10.1. The van der Waals surface area contributed by atoms with Crippen molar-refractivity contribution in [3.05, 3.63) is 0 Å². The molecular formula is C4H9F5O2S. The summed E-state index contributed by atoms with van der Waals surface area (Å²) in [4.78, 5) is 0. The van der Waals surface area contributed by atoms with Crippen molar-refractivity contribution in [2.45, 2.75) is 6.29 Å². The van der Waals surface area contributed by atoms with E-state index in [2.05, 4.69) is 9.47 Å². The Morgan fingerprint density at radius 2 is 1.33 bits per heavy atom. The van der Waals surface area contributed by atoms with Crippen molar-refractivity contribution in [3.8, 4) is 0 Å². The van der Waals surface area contributed by atoms with Gasteiger partial charge in [0.05, 0.1) is 0 Å². The number of methoxy groups -OCH3 is 2. The minimum Gasteiger partial charge on any atom is -0.355 e. The van der Waals surface area contributed by atoms with Gasteiger partial charge in [0.25, 0.3) is 10.2 Å². The number of ether oxygens (including phenoxy) is 2. The molecular weight excluding hydrogens is 207 g/mol. The monoisotopic (exact) mass is 216 g/mol. The lowest BCUT2D eigenvalue weighted by molar-refractivity contribution is -0.0887. The van der Waals surface area contributed by atoms with Gasteiger partial charge in [-0.3, -0.25) is 0 Å². The van der Waals surface area contributed by atoms with E-state index in [1.54, 1.807) is 0 Å². The first-order valence-electron chi connectivity index (χ1n) is 2.76. The van der Waals surface area contributed by atoms with Crippen LogP contribution in [0, 0.1) is 0 Å². The highest BCUT2D eigenvalue weighted by Gasteiger charge is 2.64. The average Bonchev–Trinajstić information content (AvgIpc) is 1.78. The molecule has 12 heavy (non-hydrogen) atoms. The van der Waals surface area contributed by atoms with Gasteiger partial charge in [0.15, 0.2) is 6.29 Å². The van der Waals surface area contributed by atoms with Crippen LogP contribution in [-0.4, -0.2) is 26.3 Å². The first-order chi connectivity index (χ1) is 4.97. The molecule has 78 valence electrons. The molecule has 0 rings (SSSR count). The molecule has 0 aromatic rings. The Bertz CT molecular complexity index is 157. The lowest BCUT2D eigenvalue weighted by Gasteiger charge is -2.41. The van der Waals surface area contributed by atoms with E-state index in [-0.39, 0.29) is 0 Å². The van der Waals surface area contributed by atoms with Gasteiger partial charge in [0, 0.05) is 14.2 Å². The van der Waals surface area contributed by atoms with Gasteiger partial charge in [-0.2, -0.15) is 0 Å². The summed E-state index contributed by atoms with van der Waals surface area (Å²) in [5.41, 5.74) is 0. The Morgan fingerprint density at radius 1 is 1.00 bits per heavy atom. The van der Waals surface area contributed by atoms with Crippen LogP contribution in [0.4, 0.5) is 19.4 Å². The zero-order valence-electron chi connectivity index (χ0n) is 6.40. The summed E-state index contributed by atoms with van der Waals surface area (Å²) >= 11 is 0. The molecule has 8 heteroatoms. The van der Waals surface area contributed by atoms with Crippen molar-refractivity contribution in [1.82, 2.24) is 0 Å². The van der Waals surface area contributed by atoms with Crippen molar-refractivity contribution in [1.29, 1.82) is 0 Å². The normalized spacial score (nSPS) is 19.0. The van der Waals surface area contributed by atoms with Gasteiger partial charge >= 0.3 is 0 Å². The van der Waals surface area contributed by atoms with Crippen LogP contribution in [0.2, 0.25) is 0 Å². The molecule has 0 fully saturated rings. The summed E-state index contributed by atoms with van der Waals surface area (Å²) in [6, 6.07) is 0. The van der Waals surface area contributed by atoms with E-state index in [0.29, 0.717) is 0 Å². The number of halogens is 5. The largest absolute Gasteiger partial charge is 0.355 e. The van der Waals surface area contributed by atoms with Gasteiger partial charge in [0.1, 0.15) is 5.75 Å². The summed E-state index contributed by atoms with van der Waals surface area (Å²) in [6.45, 7) is 0. The minimum atomic E-state index is -9.40. The van der Waals surface area contributed by atoms with E-state index in [1.165, 1.54) is 0 Å². The van der Waals surface area contributed by atoms with E-state index >= 15 is 0 Å². The SMILES string of the molecule is COC(CS(F)(F)(F)(F)F)OC. The molecule has 0 N–H and O–H groups in total. The molecule has 0 spiro atoms. The third-order valence-corrected chi connectivity index (χ3v) is 1.88. The van der Waals surface area contributed by atoms with E-state index in [4.69, 9.17) is 0 Å². The second-order valence-electron chi connectivity index (χ2n) is 2.20. The molecule has 0 radical (unpaired) electrons. The molecule has 0 heterocycles. The van der Waals surface area contributed by atoms with Crippen molar-refractivity contribution < 1.29 is 28.9 Å². The Kier molecular flexibility index (Phi) is 2.44. The average molecular weight is 216 g/mol. The van der Waals surface area contributed by atoms with Crippen LogP contribution in [-0.2, 0) is 9.47 Å². The Labute approximate surface area is 66.4 Å². The summed E-state index contributed by atoms with van der Waals surface area (Å²) in [5.74, 6) is -2.35. The summed E-state index contributed by atoms with van der Waals surface area (Å²) in [6.07, 6.45) is -1.94. The van der Waals surface area contributed by atoms with Crippen LogP contribution in [0.1, 0.15) is 0 Å². The second-order valence-corrected chi connectivity index (χ2v) is 4.79. The van der Waals surface area contributed by atoms with Crippen LogP contribution in [0.3, 0.4) is 0 Å². The van der Waals surface area contributed by atoms with Gasteiger partial charge in [-0.25, -0.2) is 0 Å². The lowest BCUT2D eigenvalue weighted by atomic mass is 10.7. The molecule has 0 aliphatic rings. The fourth-order valence-electron chi connectivity index (χ4n) is 0.489. The lowest BCUT2D eigenvalue weighted by Crippen LogP contribution is -2.27. The number of hydrogen-bond donors (Lipinski definition) is 0. The predicted molar refractivity (Wildman–Crippen MR) is 35.8 cm³/mol. The summed E-state index contributed by atoms with van der Waals surface area (Å²) in [7, 11) is -7.68. The van der Waals surface area contributed by atoms with Gasteiger partial charge < -0.3 is 9.47 Å². The fourth-order valence-corrected chi connectivity index (χ4v) is 1.28. The van der Waals surface area contributed by atoms with Crippen molar-refractivity contribution in [2.24, 2.45) is 0 Å². The highest BCUT2D eigenvalue weighted by Crippen LogP contribution is 2.97. The number of rotatable bonds is 4. The molecule has 0 atom stereocenters. The fraction of sp³-hybridized carbons (Fsp3) is 1.00. The van der Waals surface area contributed by atoms with Crippen molar-refractivity contribution in [3.63, 3.8) is 0 Å². The first-order valence-corrected chi connectivity index (χ1v) is 4.88. The minimum absolute atomic E-state index is 0.859. The maximum Gasteiger partial charge on any atom is 0.290 e. The zero-order valence-corrected chi connectivity index (χ0v) is 7.22. The van der Waals surface area contributed by atoms with E-state index in [0.717, 1.165) is 14.2 Å². The van der Waals surface area contributed by atoms with Crippen LogP contribution in [0.5, 0.6) is 0 Å². The topological polar surface area (TPSA) is 18.5 Å². The van der Waals surface area contributed by atoms with Crippen LogP contribution in [0.15, 0.2) is 0 Å². The molecule has 0 aliphatic heterocycles. The highest BCUT2D eigenvalue weighted by atomic mass is 32.5. The Hall–Kier alpha value is -0.0800. The van der Waals surface area contributed by atoms with Crippen LogP contribution >= 0.6 is 10.2 Å². The van der Waals surface area contributed by atoms with Gasteiger partial charge in [-0.15, -0.1) is 0 Å². The maximum atomic E-state index is 11.7. The maximum absolute atomic E-state index is 11.7. The van der Waals surface area contributed by atoms with Crippen LogP contribution < -0.4 is 0 Å².